The van der Waals surface area contributed by atoms with Crippen molar-refractivity contribution in [3.8, 4) is 16.8 Å². The Balaban J connectivity index is 0.977. The van der Waals surface area contributed by atoms with Gasteiger partial charge in [-0.25, -0.2) is 0 Å². The van der Waals surface area contributed by atoms with Gasteiger partial charge in [0.25, 0.3) is 0 Å². The maximum absolute atomic E-state index is 2.45. The molecule has 1 aliphatic carbocycles. The maximum atomic E-state index is 2.45. The number of hydrogen-bond acceptors (Lipinski definition) is 2. The van der Waals surface area contributed by atoms with E-state index in [0.29, 0.717) is 5.92 Å². The van der Waals surface area contributed by atoms with Crippen molar-refractivity contribution in [3.05, 3.63) is 223 Å². The summed E-state index contributed by atoms with van der Waals surface area (Å²) in [7, 11) is 0. The van der Waals surface area contributed by atoms with Gasteiger partial charge in [-0.15, -0.1) is 11.3 Å². The zero-order valence-corrected chi connectivity index (χ0v) is 33.1. The Morgan fingerprint density at radius 3 is 2.05 bits per heavy atom. The molecule has 11 aromatic rings. The molecule has 9 aromatic carbocycles. The molecule has 12 rings (SSSR count). The van der Waals surface area contributed by atoms with Crippen LogP contribution in [0.4, 0.5) is 17.1 Å². The highest BCUT2D eigenvalue weighted by molar-refractivity contribution is 7.25. The van der Waals surface area contributed by atoms with Crippen LogP contribution in [0.15, 0.2) is 206 Å². The fraction of sp³-hybridized carbons (Fsp3) is 0.0357. The summed E-state index contributed by atoms with van der Waals surface area (Å²) in [5.41, 5.74) is 13.4. The van der Waals surface area contributed by atoms with E-state index in [2.05, 4.69) is 222 Å². The number of nitrogens with zero attached hydrogens (tertiary/aromatic N) is 2. The zero-order chi connectivity index (χ0) is 38.9. The van der Waals surface area contributed by atoms with Crippen molar-refractivity contribution in [1.29, 1.82) is 0 Å². The van der Waals surface area contributed by atoms with E-state index in [4.69, 9.17) is 0 Å². The van der Waals surface area contributed by atoms with Crippen LogP contribution >= 0.6 is 11.3 Å². The molecule has 0 saturated carbocycles. The average molecular weight is 771 g/mol. The van der Waals surface area contributed by atoms with Crippen LogP contribution in [-0.4, -0.2) is 4.57 Å². The molecule has 1 atom stereocenters. The quantitative estimate of drug-likeness (QED) is 0.163. The van der Waals surface area contributed by atoms with Gasteiger partial charge in [-0.05, 0) is 100 Å². The summed E-state index contributed by atoms with van der Waals surface area (Å²) in [6, 6.07) is 73.9. The fourth-order valence-electron chi connectivity index (χ4n) is 9.61. The monoisotopic (exact) mass is 770 g/mol. The minimum Gasteiger partial charge on any atom is -0.310 e. The lowest BCUT2D eigenvalue weighted by Crippen LogP contribution is -2.11. The highest BCUT2D eigenvalue weighted by atomic mass is 32.1. The molecule has 3 heteroatoms. The molecule has 278 valence electrons. The van der Waals surface area contributed by atoms with Crippen molar-refractivity contribution in [2.24, 2.45) is 0 Å². The minimum atomic E-state index is 0.348. The second-order valence-corrected chi connectivity index (χ2v) is 16.7. The molecule has 0 fully saturated rings. The van der Waals surface area contributed by atoms with Crippen LogP contribution in [0.2, 0.25) is 0 Å². The summed E-state index contributed by atoms with van der Waals surface area (Å²) in [6.45, 7) is 0. The lowest BCUT2D eigenvalue weighted by atomic mass is 9.82. The van der Waals surface area contributed by atoms with E-state index < -0.39 is 0 Å². The number of aromatic nitrogens is 1. The van der Waals surface area contributed by atoms with Crippen LogP contribution in [0.3, 0.4) is 0 Å². The van der Waals surface area contributed by atoms with Gasteiger partial charge in [-0.2, -0.15) is 0 Å². The first-order valence-corrected chi connectivity index (χ1v) is 21.3. The van der Waals surface area contributed by atoms with Gasteiger partial charge in [0.15, 0.2) is 0 Å². The molecule has 2 nitrogen and oxygen atoms in total. The number of benzene rings is 9. The molecule has 0 amide bonds. The largest absolute Gasteiger partial charge is 0.310 e. The van der Waals surface area contributed by atoms with Gasteiger partial charge < -0.3 is 9.47 Å². The smallest absolute Gasteiger partial charge is 0.0547 e. The summed E-state index contributed by atoms with van der Waals surface area (Å²) < 4.78 is 5.06. The SMILES string of the molecule is C1=Cc2ccccc2C(c2ccc(N(c3ccc(-c4ccccc4-n4c5ccccc5c5c6ccccc6ccc54)cc3)c3ccc4c(c3)sc3ccccc34)cc2)C1. The van der Waals surface area contributed by atoms with Crippen LogP contribution < -0.4 is 4.90 Å². The van der Waals surface area contributed by atoms with Crippen molar-refractivity contribution in [3.63, 3.8) is 0 Å². The van der Waals surface area contributed by atoms with E-state index in [0.717, 1.165) is 23.5 Å². The van der Waals surface area contributed by atoms with E-state index in [1.54, 1.807) is 0 Å². The predicted octanol–water partition coefficient (Wildman–Crippen LogP) is 16.0. The van der Waals surface area contributed by atoms with Gasteiger partial charge in [-0.3, -0.25) is 0 Å². The summed E-state index contributed by atoms with van der Waals surface area (Å²) in [5.74, 6) is 0.348. The van der Waals surface area contributed by atoms with Gasteiger partial charge in [0.05, 0.1) is 16.7 Å². The van der Waals surface area contributed by atoms with Gasteiger partial charge in [-0.1, -0.05) is 152 Å². The first-order chi connectivity index (χ1) is 29.3. The highest BCUT2D eigenvalue weighted by Gasteiger charge is 2.21. The topological polar surface area (TPSA) is 8.17 Å². The number of rotatable bonds is 6. The molecule has 1 aliphatic rings. The second-order valence-electron chi connectivity index (χ2n) is 15.6. The normalized spacial score (nSPS) is 13.8. The molecular formula is C56H38N2S. The Morgan fingerprint density at radius 1 is 0.492 bits per heavy atom. The van der Waals surface area contributed by atoms with Gasteiger partial charge in [0, 0.05) is 59.5 Å². The molecule has 0 saturated heterocycles. The van der Waals surface area contributed by atoms with E-state index in [-0.39, 0.29) is 0 Å². The number of fused-ring (bicyclic) bond motifs is 9. The lowest BCUT2D eigenvalue weighted by Gasteiger charge is -2.27. The van der Waals surface area contributed by atoms with Gasteiger partial charge in [0.2, 0.25) is 0 Å². The van der Waals surface area contributed by atoms with Gasteiger partial charge >= 0.3 is 0 Å². The highest BCUT2D eigenvalue weighted by Crippen LogP contribution is 2.44. The number of thiophene rings is 1. The van der Waals surface area contributed by atoms with E-state index in [1.165, 1.54) is 86.3 Å². The molecule has 2 heterocycles. The van der Waals surface area contributed by atoms with Crippen molar-refractivity contribution in [2.75, 3.05) is 4.90 Å². The Morgan fingerprint density at radius 2 is 1.17 bits per heavy atom. The van der Waals surface area contributed by atoms with Crippen LogP contribution in [0.5, 0.6) is 0 Å². The molecule has 59 heavy (non-hydrogen) atoms. The van der Waals surface area contributed by atoms with Crippen molar-refractivity contribution < 1.29 is 0 Å². The molecule has 0 N–H and O–H groups in total. The molecule has 0 spiro atoms. The number of anilines is 3. The van der Waals surface area contributed by atoms with Crippen molar-refractivity contribution >= 4 is 87.2 Å². The summed E-state index contributed by atoms with van der Waals surface area (Å²) >= 11 is 1.86. The Kier molecular flexibility index (Phi) is 7.89. The molecule has 1 unspecified atom stereocenters. The average Bonchev–Trinajstić information content (AvgIpc) is 3.85. The summed E-state index contributed by atoms with van der Waals surface area (Å²) in [4.78, 5) is 2.41. The minimum absolute atomic E-state index is 0.348. The molecule has 0 bridgehead atoms. The van der Waals surface area contributed by atoms with Crippen LogP contribution in [0.25, 0.3) is 75.6 Å². The van der Waals surface area contributed by atoms with Crippen LogP contribution in [0, 0.1) is 0 Å². The van der Waals surface area contributed by atoms with E-state index >= 15 is 0 Å². The lowest BCUT2D eigenvalue weighted by molar-refractivity contribution is 0.819. The summed E-state index contributed by atoms with van der Waals surface area (Å²) in [5, 5.41) is 7.73. The Labute approximate surface area is 347 Å². The third-order valence-electron chi connectivity index (χ3n) is 12.4. The first kappa shape index (κ1) is 33.9. The molecule has 0 radical (unpaired) electrons. The Hall–Kier alpha value is -7.20. The number of hydrogen-bond donors (Lipinski definition) is 0. The number of para-hydroxylation sites is 2. The predicted molar refractivity (Wildman–Crippen MR) is 253 cm³/mol. The third-order valence-corrected chi connectivity index (χ3v) is 13.5. The second kappa shape index (κ2) is 13.7. The van der Waals surface area contributed by atoms with Crippen molar-refractivity contribution in [2.45, 2.75) is 12.3 Å². The standard InChI is InChI=1S/C56H38N2S/c1-3-15-44-37(12-1)14-11-20-45(44)39-24-29-41(30-25-39)57(43-33-34-49-48-18-7-10-23-54(48)59-55(49)36-43)42-31-26-40(27-32-42)46-16-5-8-21-51(46)58-52-22-9-6-19-50(52)56-47-17-4-2-13-38(47)28-35-53(56)58/h1-19,21-36,45H,20H2. The summed E-state index contributed by atoms with van der Waals surface area (Å²) in [6.07, 6.45) is 5.59. The molecular weight excluding hydrogens is 733 g/mol. The van der Waals surface area contributed by atoms with E-state index in [1.807, 2.05) is 11.3 Å². The molecule has 2 aromatic heterocycles. The fourth-order valence-corrected chi connectivity index (χ4v) is 10.8. The maximum Gasteiger partial charge on any atom is 0.0547 e. The van der Waals surface area contributed by atoms with Crippen LogP contribution in [-0.2, 0) is 0 Å². The third kappa shape index (κ3) is 5.54. The molecule has 0 aliphatic heterocycles. The van der Waals surface area contributed by atoms with Crippen molar-refractivity contribution in [1.82, 2.24) is 4.57 Å². The van der Waals surface area contributed by atoms with Crippen LogP contribution in [0.1, 0.15) is 29.0 Å². The van der Waals surface area contributed by atoms with Gasteiger partial charge in [0.1, 0.15) is 0 Å². The Bertz CT molecular complexity index is 3420. The first-order valence-electron chi connectivity index (χ1n) is 20.4. The number of allylic oxidation sites excluding steroid dienone is 1. The van der Waals surface area contributed by atoms with E-state index in [9.17, 15) is 0 Å². The zero-order valence-electron chi connectivity index (χ0n) is 32.3.